The van der Waals surface area contributed by atoms with E-state index in [0.717, 1.165) is 12.8 Å². The van der Waals surface area contributed by atoms with Gasteiger partial charge in [0.25, 0.3) is 0 Å². The van der Waals surface area contributed by atoms with Crippen LogP contribution in [-0.4, -0.2) is 17.0 Å². The third-order valence-electron chi connectivity index (χ3n) is 2.40. The van der Waals surface area contributed by atoms with Crippen LogP contribution < -0.4 is 0 Å². The number of alkyl halides is 2. The number of hydrogen-bond acceptors (Lipinski definition) is 1. The first kappa shape index (κ1) is 13.3. The van der Waals surface area contributed by atoms with E-state index in [9.17, 15) is 13.6 Å². The average molecular weight is 208 g/mol. The summed E-state index contributed by atoms with van der Waals surface area (Å²) in [6.45, 7) is 3.81. The summed E-state index contributed by atoms with van der Waals surface area (Å²) < 4.78 is 25.6. The first-order chi connectivity index (χ1) is 6.44. The summed E-state index contributed by atoms with van der Waals surface area (Å²) in [7, 11) is 0. The summed E-state index contributed by atoms with van der Waals surface area (Å²) in [6, 6.07) is 0. The maximum absolute atomic E-state index is 12.8. The fourth-order valence-corrected chi connectivity index (χ4v) is 1.39. The van der Waals surface area contributed by atoms with E-state index >= 15 is 0 Å². The van der Waals surface area contributed by atoms with E-state index in [1.807, 2.05) is 13.8 Å². The lowest BCUT2D eigenvalue weighted by atomic mass is 9.93. The second kappa shape index (κ2) is 5.94. The van der Waals surface area contributed by atoms with Gasteiger partial charge in [0.2, 0.25) is 0 Å². The molecule has 14 heavy (non-hydrogen) atoms. The van der Waals surface area contributed by atoms with Crippen molar-refractivity contribution >= 4 is 5.97 Å². The molecule has 0 aliphatic carbocycles. The predicted molar refractivity (Wildman–Crippen MR) is 50.5 cm³/mol. The molecule has 0 fully saturated rings. The lowest BCUT2D eigenvalue weighted by molar-refractivity contribution is -0.167. The highest BCUT2D eigenvalue weighted by Crippen LogP contribution is 2.28. The van der Waals surface area contributed by atoms with Crippen molar-refractivity contribution in [3.8, 4) is 0 Å². The Morgan fingerprint density at radius 3 is 2.36 bits per heavy atom. The summed E-state index contributed by atoms with van der Waals surface area (Å²) in [5.74, 6) is -5.75. The Bertz CT molecular complexity index is 181. The maximum atomic E-state index is 12.8. The van der Waals surface area contributed by atoms with Crippen molar-refractivity contribution in [2.45, 2.75) is 51.9 Å². The largest absolute Gasteiger partial charge is 0.477 e. The normalized spacial score (nSPS) is 14.0. The van der Waals surface area contributed by atoms with Gasteiger partial charge in [0.15, 0.2) is 0 Å². The molecule has 0 aliphatic heterocycles. The fraction of sp³-hybridized carbons (Fsp3) is 0.900. The van der Waals surface area contributed by atoms with Crippen LogP contribution in [0.1, 0.15) is 46.0 Å². The lowest BCUT2D eigenvalue weighted by Gasteiger charge is -2.18. The van der Waals surface area contributed by atoms with Gasteiger partial charge in [-0.2, -0.15) is 8.78 Å². The quantitative estimate of drug-likeness (QED) is 0.696. The van der Waals surface area contributed by atoms with Crippen molar-refractivity contribution in [2.75, 3.05) is 0 Å². The van der Waals surface area contributed by atoms with E-state index in [1.54, 1.807) is 0 Å². The van der Waals surface area contributed by atoms with Crippen LogP contribution >= 0.6 is 0 Å². The first-order valence-electron chi connectivity index (χ1n) is 5.05. The Labute approximate surface area is 83.3 Å². The van der Waals surface area contributed by atoms with Gasteiger partial charge in [-0.1, -0.05) is 39.5 Å². The van der Waals surface area contributed by atoms with Gasteiger partial charge < -0.3 is 5.11 Å². The lowest BCUT2D eigenvalue weighted by Crippen LogP contribution is -2.30. The predicted octanol–water partition coefficient (Wildman–Crippen LogP) is 3.31. The van der Waals surface area contributed by atoms with E-state index in [1.165, 1.54) is 0 Å². The minimum atomic E-state index is -3.56. The smallest absolute Gasteiger partial charge is 0.374 e. The van der Waals surface area contributed by atoms with Crippen LogP contribution in [-0.2, 0) is 4.79 Å². The van der Waals surface area contributed by atoms with Gasteiger partial charge in [-0.25, -0.2) is 4.79 Å². The van der Waals surface area contributed by atoms with Gasteiger partial charge >= 0.3 is 11.9 Å². The molecular weight excluding hydrogens is 190 g/mol. The molecule has 0 aromatic rings. The highest BCUT2D eigenvalue weighted by atomic mass is 19.3. The number of carboxylic acids is 1. The number of rotatable bonds is 7. The van der Waals surface area contributed by atoms with Gasteiger partial charge in [0, 0.05) is 6.42 Å². The number of aliphatic carboxylic acids is 1. The summed E-state index contributed by atoms with van der Waals surface area (Å²) >= 11 is 0. The molecule has 0 aliphatic rings. The number of carboxylic acid groups (broad SMARTS) is 1. The molecule has 0 bridgehead atoms. The molecule has 0 aromatic carbocycles. The zero-order chi connectivity index (χ0) is 11.2. The highest BCUT2D eigenvalue weighted by Gasteiger charge is 2.40. The van der Waals surface area contributed by atoms with E-state index in [-0.39, 0.29) is 5.92 Å². The van der Waals surface area contributed by atoms with Crippen LogP contribution in [0.15, 0.2) is 0 Å². The molecule has 1 atom stereocenters. The Morgan fingerprint density at radius 1 is 1.43 bits per heavy atom. The fourth-order valence-electron chi connectivity index (χ4n) is 1.39. The van der Waals surface area contributed by atoms with Crippen LogP contribution in [0.3, 0.4) is 0 Å². The van der Waals surface area contributed by atoms with Crippen LogP contribution in [0, 0.1) is 5.92 Å². The van der Waals surface area contributed by atoms with E-state index < -0.39 is 18.3 Å². The summed E-state index contributed by atoms with van der Waals surface area (Å²) in [5, 5.41) is 8.26. The topological polar surface area (TPSA) is 37.3 Å². The van der Waals surface area contributed by atoms with Crippen molar-refractivity contribution in [2.24, 2.45) is 5.92 Å². The third kappa shape index (κ3) is 4.53. The number of unbranched alkanes of at least 4 members (excludes halogenated alkanes) is 1. The molecule has 0 radical (unpaired) electrons. The summed E-state index contributed by atoms with van der Waals surface area (Å²) in [4.78, 5) is 10.2. The molecule has 0 heterocycles. The first-order valence-corrected chi connectivity index (χ1v) is 5.05. The van der Waals surface area contributed by atoms with Crippen LogP contribution in [0.5, 0.6) is 0 Å². The molecular formula is C10H18F2O2. The molecule has 0 saturated heterocycles. The molecule has 0 amide bonds. The number of hydrogen-bond donors (Lipinski definition) is 1. The minimum absolute atomic E-state index is 0.180. The maximum Gasteiger partial charge on any atom is 0.374 e. The van der Waals surface area contributed by atoms with Gasteiger partial charge in [-0.05, 0) is 5.92 Å². The molecule has 4 heteroatoms. The molecule has 1 unspecified atom stereocenters. The van der Waals surface area contributed by atoms with Gasteiger partial charge in [0.1, 0.15) is 0 Å². The monoisotopic (exact) mass is 208 g/mol. The molecule has 0 spiro atoms. The van der Waals surface area contributed by atoms with Gasteiger partial charge in [-0.15, -0.1) is 0 Å². The molecule has 0 aromatic heterocycles. The van der Waals surface area contributed by atoms with E-state index in [0.29, 0.717) is 12.8 Å². The van der Waals surface area contributed by atoms with Crippen LogP contribution in [0.25, 0.3) is 0 Å². The number of halogens is 2. The Kier molecular flexibility index (Phi) is 5.65. The van der Waals surface area contributed by atoms with Crippen molar-refractivity contribution in [1.29, 1.82) is 0 Å². The summed E-state index contributed by atoms with van der Waals surface area (Å²) in [5.41, 5.74) is 0. The molecule has 0 saturated carbocycles. The van der Waals surface area contributed by atoms with Crippen molar-refractivity contribution in [3.63, 3.8) is 0 Å². The highest BCUT2D eigenvalue weighted by molar-refractivity contribution is 5.75. The third-order valence-corrected chi connectivity index (χ3v) is 2.40. The number of carbonyl (C=O) groups is 1. The molecule has 2 nitrogen and oxygen atoms in total. The average Bonchev–Trinajstić information content (AvgIpc) is 2.11. The SMILES string of the molecule is CCCCC(CC)CC(F)(F)C(=O)O. The summed E-state index contributed by atoms with van der Waals surface area (Å²) in [6.07, 6.45) is 2.61. The van der Waals surface area contributed by atoms with E-state index in [4.69, 9.17) is 5.11 Å². The molecule has 84 valence electrons. The van der Waals surface area contributed by atoms with Gasteiger partial charge in [-0.3, -0.25) is 0 Å². The Morgan fingerprint density at radius 2 is 2.00 bits per heavy atom. The van der Waals surface area contributed by atoms with Crippen molar-refractivity contribution < 1.29 is 18.7 Å². The molecule has 1 N–H and O–H groups in total. The molecule has 0 rings (SSSR count). The van der Waals surface area contributed by atoms with E-state index in [2.05, 4.69) is 0 Å². The van der Waals surface area contributed by atoms with Gasteiger partial charge in [0.05, 0.1) is 0 Å². The standard InChI is InChI=1S/C10H18F2O2/c1-3-5-6-8(4-2)7-10(11,12)9(13)14/h8H,3-7H2,1-2H3,(H,13,14). The van der Waals surface area contributed by atoms with Crippen molar-refractivity contribution in [3.05, 3.63) is 0 Å². The second-order valence-electron chi connectivity index (χ2n) is 3.63. The van der Waals surface area contributed by atoms with Crippen LogP contribution in [0.4, 0.5) is 8.78 Å². The Balaban J connectivity index is 4.09. The second-order valence-corrected chi connectivity index (χ2v) is 3.63. The van der Waals surface area contributed by atoms with Crippen molar-refractivity contribution in [1.82, 2.24) is 0 Å². The Hall–Kier alpha value is -0.670. The zero-order valence-electron chi connectivity index (χ0n) is 8.72. The minimum Gasteiger partial charge on any atom is -0.477 e. The zero-order valence-corrected chi connectivity index (χ0v) is 8.72. The van der Waals surface area contributed by atoms with Crippen LogP contribution in [0.2, 0.25) is 0 Å².